The lowest BCUT2D eigenvalue weighted by Gasteiger charge is -2.42. The van der Waals surface area contributed by atoms with Gasteiger partial charge in [-0.3, -0.25) is 14.5 Å². The van der Waals surface area contributed by atoms with Crippen LogP contribution < -0.4 is 4.90 Å². The molecule has 3 atom stereocenters. The van der Waals surface area contributed by atoms with E-state index in [1.807, 2.05) is 24.3 Å². The van der Waals surface area contributed by atoms with Crippen molar-refractivity contribution in [3.05, 3.63) is 29.8 Å². The number of ketones is 1. The minimum atomic E-state index is -0.0512. The molecule has 0 radical (unpaired) electrons. The van der Waals surface area contributed by atoms with E-state index >= 15 is 0 Å². The number of amides is 1. The minimum absolute atomic E-state index is 0.0512. The molecule has 27 heavy (non-hydrogen) atoms. The number of hydrogen-bond acceptors (Lipinski definition) is 4. The highest BCUT2D eigenvalue weighted by atomic mass is 16.2. The average molecular weight is 372 g/mol. The van der Waals surface area contributed by atoms with Crippen LogP contribution in [0, 0.1) is 11.8 Å². The van der Waals surface area contributed by atoms with Crippen molar-refractivity contribution in [2.75, 3.05) is 44.2 Å². The van der Waals surface area contributed by atoms with Gasteiger partial charge in [0.2, 0.25) is 5.91 Å². The van der Waals surface area contributed by atoms with Crippen LogP contribution in [0.5, 0.6) is 0 Å². The van der Waals surface area contributed by atoms with Crippen molar-refractivity contribution >= 4 is 17.4 Å². The lowest BCUT2D eigenvalue weighted by atomic mass is 9.91. The molecule has 0 unspecified atom stereocenters. The Morgan fingerprint density at radius 2 is 1.52 bits per heavy atom. The van der Waals surface area contributed by atoms with E-state index in [4.69, 9.17) is 0 Å². The van der Waals surface area contributed by atoms with E-state index in [2.05, 4.69) is 35.5 Å². The van der Waals surface area contributed by atoms with Crippen molar-refractivity contribution in [1.29, 1.82) is 0 Å². The fourth-order valence-electron chi connectivity index (χ4n) is 4.54. The third-order valence-corrected chi connectivity index (χ3v) is 6.04. The summed E-state index contributed by atoms with van der Waals surface area (Å²) >= 11 is 0. The molecule has 2 saturated heterocycles. The van der Waals surface area contributed by atoms with E-state index < -0.39 is 0 Å². The predicted octanol–water partition coefficient (Wildman–Crippen LogP) is 2.90. The SMILES string of the molecule is CC(=O)c1ccc(N2CCN([C@H](C)C(=O)N3C[C@H](C)C[C@@H](C)C3)CC2)cc1. The van der Waals surface area contributed by atoms with Crippen LogP contribution in [0.25, 0.3) is 0 Å². The van der Waals surface area contributed by atoms with Gasteiger partial charge in [0.05, 0.1) is 6.04 Å². The summed E-state index contributed by atoms with van der Waals surface area (Å²) in [6, 6.07) is 7.79. The zero-order valence-electron chi connectivity index (χ0n) is 17.1. The standard InChI is InChI=1S/C22H33N3O2/c1-16-13-17(2)15-25(14-16)22(27)18(3)23-9-11-24(12-10-23)21-7-5-20(6-8-21)19(4)26/h5-8,16-18H,9-15H2,1-4H3/t16-,17-,18-/m1/s1. The van der Waals surface area contributed by atoms with Crippen LogP contribution in [0.4, 0.5) is 5.69 Å². The van der Waals surface area contributed by atoms with E-state index in [0.717, 1.165) is 50.5 Å². The van der Waals surface area contributed by atoms with Crippen LogP contribution >= 0.6 is 0 Å². The molecule has 5 heteroatoms. The average Bonchev–Trinajstić information content (AvgIpc) is 2.66. The molecule has 0 aliphatic carbocycles. The van der Waals surface area contributed by atoms with Gasteiger partial charge < -0.3 is 9.80 Å². The molecule has 3 rings (SSSR count). The molecule has 1 aromatic rings. The lowest BCUT2D eigenvalue weighted by Crippen LogP contribution is -2.56. The number of likely N-dealkylation sites (tertiary alicyclic amines) is 1. The van der Waals surface area contributed by atoms with Gasteiger partial charge in [-0.1, -0.05) is 13.8 Å². The maximum absolute atomic E-state index is 13.0. The van der Waals surface area contributed by atoms with Gasteiger partial charge in [0.1, 0.15) is 0 Å². The Morgan fingerprint density at radius 3 is 2.04 bits per heavy atom. The minimum Gasteiger partial charge on any atom is -0.369 e. The van der Waals surface area contributed by atoms with Crippen molar-refractivity contribution in [2.45, 2.75) is 40.2 Å². The quantitative estimate of drug-likeness (QED) is 0.764. The first-order valence-electron chi connectivity index (χ1n) is 10.2. The van der Waals surface area contributed by atoms with Crippen LogP contribution in [0.15, 0.2) is 24.3 Å². The maximum atomic E-state index is 13.0. The fourth-order valence-corrected chi connectivity index (χ4v) is 4.54. The normalized spacial score (nSPS) is 25.3. The number of Topliss-reactive ketones (excluding diaryl/α,β-unsaturated/α-hetero) is 1. The van der Waals surface area contributed by atoms with Gasteiger partial charge >= 0.3 is 0 Å². The lowest BCUT2D eigenvalue weighted by molar-refractivity contribution is -0.139. The highest BCUT2D eigenvalue weighted by Crippen LogP contribution is 2.23. The number of hydrogen-bond donors (Lipinski definition) is 0. The predicted molar refractivity (Wildman–Crippen MR) is 109 cm³/mol. The number of rotatable bonds is 4. The highest BCUT2D eigenvalue weighted by Gasteiger charge is 2.32. The van der Waals surface area contributed by atoms with Crippen molar-refractivity contribution in [3.63, 3.8) is 0 Å². The largest absolute Gasteiger partial charge is 0.369 e. The number of benzene rings is 1. The number of piperazine rings is 1. The second kappa shape index (κ2) is 8.42. The van der Waals surface area contributed by atoms with E-state index in [1.165, 1.54) is 6.42 Å². The second-order valence-corrected chi connectivity index (χ2v) is 8.49. The monoisotopic (exact) mass is 371 g/mol. The Kier molecular flexibility index (Phi) is 6.20. The number of carbonyl (C=O) groups excluding carboxylic acids is 2. The third-order valence-electron chi connectivity index (χ3n) is 6.04. The molecule has 148 valence electrons. The molecule has 0 N–H and O–H groups in total. The molecule has 2 aliphatic rings. The number of nitrogens with zero attached hydrogens (tertiary/aromatic N) is 3. The summed E-state index contributed by atoms with van der Waals surface area (Å²) in [6.45, 7) is 13.5. The van der Waals surface area contributed by atoms with Gasteiger partial charge in [0, 0.05) is 50.5 Å². The Morgan fingerprint density at radius 1 is 0.963 bits per heavy atom. The van der Waals surface area contributed by atoms with Crippen LogP contribution in [-0.2, 0) is 4.79 Å². The van der Waals surface area contributed by atoms with Crippen molar-refractivity contribution < 1.29 is 9.59 Å². The first-order chi connectivity index (χ1) is 12.8. The molecule has 0 spiro atoms. The summed E-state index contributed by atoms with van der Waals surface area (Å²) in [6.07, 6.45) is 1.22. The fraction of sp³-hybridized carbons (Fsp3) is 0.636. The summed E-state index contributed by atoms with van der Waals surface area (Å²) in [5.74, 6) is 1.58. The summed E-state index contributed by atoms with van der Waals surface area (Å²) in [5.41, 5.74) is 1.90. The zero-order valence-corrected chi connectivity index (χ0v) is 17.1. The van der Waals surface area contributed by atoms with Crippen molar-refractivity contribution in [3.8, 4) is 0 Å². The van der Waals surface area contributed by atoms with Crippen molar-refractivity contribution in [1.82, 2.24) is 9.80 Å². The van der Waals surface area contributed by atoms with E-state index in [1.54, 1.807) is 6.92 Å². The Hall–Kier alpha value is -1.88. The van der Waals surface area contributed by atoms with Gasteiger partial charge in [0.15, 0.2) is 5.78 Å². The third kappa shape index (κ3) is 4.70. The summed E-state index contributed by atoms with van der Waals surface area (Å²) in [4.78, 5) is 31.1. The molecular weight excluding hydrogens is 338 g/mol. The van der Waals surface area contributed by atoms with Gasteiger partial charge in [-0.15, -0.1) is 0 Å². The summed E-state index contributed by atoms with van der Waals surface area (Å²) in [5, 5.41) is 0. The van der Waals surface area contributed by atoms with Crippen LogP contribution in [0.1, 0.15) is 44.5 Å². The highest BCUT2D eigenvalue weighted by molar-refractivity contribution is 5.94. The Labute approximate surface area is 163 Å². The molecule has 5 nitrogen and oxygen atoms in total. The molecule has 0 bridgehead atoms. The summed E-state index contributed by atoms with van der Waals surface area (Å²) < 4.78 is 0. The van der Waals surface area contributed by atoms with Crippen LogP contribution in [0.2, 0.25) is 0 Å². The molecular formula is C22H33N3O2. The molecule has 2 fully saturated rings. The molecule has 2 heterocycles. The summed E-state index contributed by atoms with van der Waals surface area (Å²) in [7, 11) is 0. The first-order valence-corrected chi connectivity index (χ1v) is 10.2. The second-order valence-electron chi connectivity index (χ2n) is 8.49. The van der Waals surface area contributed by atoms with Gasteiger partial charge in [-0.25, -0.2) is 0 Å². The van der Waals surface area contributed by atoms with Crippen LogP contribution in [-0.4, -0.2) is 66.8 Å². The number of carbonyl (C=O) groups is 2. The zero-order chi connectivity index (χ0) is 19.6. The van der Waals surface area contributed by atoms with E-state index in [9.17, 15) is 9.59 Å². The molecule has 1 amide bonds. The number of anilines is 1. The first kappa shape index (κ1) is 19.9. The molecule has 1 aromatic carbocycles. The molecule has 2 aliphatic heterocycles. The maximum Gasteiger partial charge on any atom is 0.239 e. The Bertz CT molecular complexity index is 655. The van der Waals surface area contributed by atoms with Gasteiger partial charge in [-0.05, 0) is 56.4 Å². The van der Waals surface area contributed by atoms with Crippen LogP contribution in [0.3, 0.4) is 0 Å². The Balaban J connectivity index is 1.55. The smallest absolute Gasteiger partial charge is 0.239 e. The van der Waals surface area contributed by atoms with E-state index in [-0.39, 0.29) is 17.7 Å². The molecule has 0 aromatic heterocycles. The van der Waals surface area contributed by atoms with E-state index in [0.29, 0.717) is 11.8 Å². The number of piperidine rings is 1. The topological polar surface area (TPSA) is 43.9 Å². The van der Waals surface area contributed by atoms with Gasteiger partial charge in [-0.2, -0.15) is 0 Å². The molecule has 0 saturated carbocycles. The van der Waals surface area contributed by atoms with Gasteiger partial charge in [0.25, 0.3) is 0 Å². The van der Waals surface area contributed by atoms with Crippen molar-refractivity contribution in [2.24, 2.45) is 11.8 Å².